The Bertz CT molecular complexity index is 473. The van der Waals surface area contributed by atoms with Gasteiger partial charge in [0.1, 0.15) is 5.60 Å². The highest BCUT2D eigenvalue weighted by atomic mass is 16.6. The molecular formula is C18H32N2O5. The van der Waals surface area contributed by atoms with Crippen LogP contribution in [0.5, 0.6) is 0 Å². The Labute approximate surface area is 150 Å². The number of unbranched alkanes of at least 4 members (excludes halogenated alkanes) is 1. The van der Waals surface area contributed by atoms with Crippen molar-refractivity contribution in [3.8, 4) is 0 Å². The van der Waals surface area contributed by atoms with Gasteiger partial charge in [-0.3, -0.25) is 9.59 Å². The number of hydrogen-bond acceptors (Lipinski definition) is 5. The quantitative estimate of drug-likeness (QED) is 0.708. The summed E-state index contributed by atoms with van der Waals surface area (Å²) in [6.45, 7) is 8.49. The molecule has 1 N–H and O–H groups in total. The van der Waals surface area contributed by atoms with Gasteiger partial charge < -0.3 is 19.7 Å². The topological polar surface area (TPSA) is 84.9 Å². The second-order valence-electron chi connectivity index (χ2n) is 7.54. The van der Waals surface area contributed by atoms with E-state index in [4.69, 9.17) is 9.47 Å². The Hall–Kier alpha value is -1.79. The first-order chi connectivity index (χ1) is 11.7. The molecule has 0 aromatic rings. The number of ether oxygens (including phenoxy) is 2. The average molecular weight is 356 g/mol. The van der Waals surface area contributed by atoms with Gasteiger partial charge in [0, 0.05) is 19.0 Å². The van der Waals surface area contributed by atoms with Crippen LogP contribution in [0.1, 0.15) is 59.8 Å². The van der Waals surface area contributed by atoms with Crippen molar-refractivity contribution in [1.29, 1.82) is 0 Å². The third-order valence-corrected chi connectivity index (χ3v) is 4.12. The van der Waals surface area contributed by atoms with Crippen LogP contribution >= 0.6 is 0 Å². The van der Waals surface area contributed by atoms with Crippen LogP contribution in [0, 0.1) is 5.92 Å². The molecule has 0 radical (unpaired) electrons. The van der Waals surface area contributed by atoms with Gasteiger partial charge in [-0.15, -0.1) is 0 Å². The first-order valence-electron chi connectivity index (χ1n) is 9.01. The van der Waals surface area contributed by atoms with E-state index in [9.17, 15) is 14.4 Å². The summed E-state index contributed by atoms with van der Waals surface area (Å²) in [5.41, 5.74) is -0.552. The number of alkyl carbamates (subject to hydrolysis) is 1. The molecule has 1 saturated heterocycles. The lowest BCUT2D eigenvalue weighted by atomic mass is 9.97. The number of nitrogens with one attached hydrogen (secondary N) is 1. The van der Waals surface area contributed by atoms with Gasteiger partial charge in [-0.25, -0.2) is 4.79 Å². The van der Waals surface area contributed by atoms with Crippen LogP contribution in [0.4, 0.5) is 4.79 Å². The fourth-order valence-corrected chi connectivity index (χ4v) is 2.86. The zero-order valence-corrected chi connectivity index (χ0v) is 16.1. The minimum Gasteiger partial charge on any atom is -0.469 e. The van der Waals surface area contributed by atoms with E-state index in [1.165, 1.54) is 7.11 Å². The Kier molecular flexibility index (Phi) is 8.19. The van der Waals surface area contributed by atoms with Crippen LogP contribution in [0.25, 0.3) is 0 Å². The molecule has 0 aromatic carbocycles. The molecule has 0 aromatic heterocycles. The molecule has 1 aliphatic heterocycles. The number of carbonyl (C=O) groups excluding carboxylic acids is 3. The van der Waals surface area contributed by atoms with E-state index < -0.39 is 11.7 Å². The molecule has 0 bridgehead atoms. The third-order valence-electron chi connectivity index (χ3n) is 4.12. The number of nitrogens with zero attached hydrogens (tertiary/aromatic N) is 1. The predicted octanol–water partition coefficient (Wildman–Crippen LogP) is 2.48. The van der Waals surface area contributed by atoms with Gasteiger partial charge in [-0.1, -0.05) is 19.8 Å². The summed E-state index contributed by atoms with van der Waals surface area (Å²) in [4.78, 5) is 37.9. The molecule has 1 rings (SSSR count). The lowest BCUT2D eigenvalue weighted by molar-refractivity contribution is -0.146. The summed E-state index contributed by atoms with van der Waals surface area (Å²) in [6, 6.07) is -0.122. The van der Waals surface area contributed by atoms with Crippen molar-refractivity contribution >= 4 is 18.0 Å². The van der Waals surface area contributed by atoms with Crippen molar-refractivity contribution in [2.45, 2.75) is 71.4 Å². The summed E-state index contributed by atoms with van der Waals surface area (Å²) in [7, 11) is 1.33. The average Bonchev–Trinajstić information content (AvgIpc) is 2.96. The van der Waals surface area contributed by atoms with Crippen molar-refractivity contribution < 1.29 is 23.9 Å². The fraction of sp³-hybridized carbons (Fsp3) is 0.833. The standard InChI is InChI=1S/C18H32N2O5/c1-6-7-8-13(11-15(21)24-5)16(22)20-10-9-14(12-20)19-17(23)25-18(2,3)4/h13-14H,6-12H2,1-5H3,(H,19,23)/t13-,14+/m1/s1. The van der Waals surface area contributed by atoms with E-state index in [-0.39, 0.29) is 30.3 Å². The number of carbonyl (C=O) groups is 3. The first-order valence-corrected chi connectivity index (χ1v) is 9.01. The summed E-state index contributed by atoms with van der Waals surface area (Å²) in [5, 5.41) is 2.81. The van der Waals surface area contributed by atoms with E-state index in [1.807, 2.05) is 20.8 Å². The van der Waals surface area contributed by atoms with Gasteiger partial charge in [0.25, 0.3) is 0 Å². The molecule has 1 fully saturated rings. The number of hydrogen-bond donors (Lipinski definition) is 1. The molecule has 144 valence electrons. The minimum atomic E-state index is -0.552. The summed E-state index contributed by atoms with van der Waals surface area (Å²) in [6.07, 6.45) is 2.85. The van der Waals surface area contributed by atoms with Crippen molar-refractivity contribution in [3.63, 3.8) is 0 Å². The second kappa shape index (κ2) is 9.63. The fourth-order valence-electron chi connectivity index (χ4n) is 2.86. The molecule has 25 heavy (non-hydrogen) atoms. The van der Waals surface area contributed by atoms with Gasteiger partial charge in [-0.2, -0.15) is 0 Å². The molecule has 2 amide bonds. The SMILES string of the molecule is CCCC[C@H](CC(=O)OC)C(=O)N1CC[C@H](NC(=O)OC(C)(C)C)C1. The van der Waals surface area contributed by atoms with E-state index in [1.54, 1.807) is 4.90 Å². The molecule has 0 unspecified atom stereocenters. The van der Waals surface area contributed by atoms with Gasteiger partial charge >= 0.3 is 12.1 Å². The highest BCUT2D eigenvalue weighted by molar-refractivity contribution is 5.84. The molecule has 0 aliphatic carbocycles. The van der Waals surface area contributed by atoms with E-state index >= 15 is 0 Å². The number of rotatable bonds is 7. The Morgan fingerprint density at radius 2 is 1.96 bits per heavy atom. The van der Waals surface area contributed by atoms with Crippen LogP contribution < -0.4 is 5.32 Å². The van der Waals surface area contributed by atoms with Crippen LogP contribution in [0.3, 0.4) is 0 Å². The number of methoxy groups -OCH3 is 1. The third kappa shape index (κ3) is 7.75. The number of likely N-dealkylation sites (tertiary alicyclic amines) is 1. The molecule has 1 heterocycles. The largest absolute Gasteiger partial charge is 0.469 e. The lowest BCUT2D eigenvalue weighted by Gasteiger charge is -2.24. The molecule has 0 saturated carbocycles. The molecule has 1 aliphatic rings. The van der Waals surface area contributed by atoms with Crippen LogP contribution in [-0.2, 0) is 19.1 Å². The van der Waals surface area contributed by atoms with Gasteiger partial charge in [0.05, 0.1) is 19.6 Å². The van der Waals surface area contributed by atoms with Crippen LogP contribution in [0.15, 0.2) is 0 Å². The lowest BCUT2D eigenvalue weighted by Crippen LogP contribution is -2.42. The molecule has 2 atom stereocenters. The van der Waals surface area contributed by atoms with Crippen LogP contribution in [-0.4, -0.2) is 54.7 Å². The number of amides is 2. The van der Waals surface area contributed by atoms with Crippen LogP contribution in [0.2, 0.25) is 0 Å². The smallest absolute Gasteiger partial charge is 0.407 e. The summed E-state index contributed by atoms with van der Waals surface area (Å²) < 4.78 is 9.96. The maximum absolute atomic E-state index is 12.7. The zero-order chi connectivity index (χ0) is 19.0. The molecule has 7 heteroatoms. The second-order valence-corrected chi connectivity index (χ2v) is 7.54. The van der Waals surface area contributed by atoms with Crippen molar-refractivity contribution in [3.05, 3.63) is 0 Å². The van der Waals surface area contributed by atoms with Gasteiger partial charge in [0.2, 0.25) is 5.91 Å². The maximum atomic E-state index is 12.7. The Balaban J connectivity index is 2.57. The summed E-state index contributed by atoms with van der Waals surface area (Å²) >= 11 is 0. The molecule has 0 spiro atoms. The van der Waals surface area contributed by atoms with E-state index in [0.717, 1.165) is 12.8 Å². The normalized spacial score (nSPS) is 18.6. The minimum absolute atomic E-state index is 0.0349. The number of esters is 1. The maximum Gasteiger partial charge on any atom is 0.407 e. The Morgan fingerprint density at radius 3 is 2.52 bits per heavy atom. The highest BCUT2D eigenvalue weighted by Gasteiger charge is 2.33. The van der Waals surface area contributed by atoms with Crippen molar-refractivity contribution in [2.75, 3.05) is 20.2 Å². The monoisotopic (exact) mass is 356 g/mol. The van der Waals surface area contributed by atoms with E-state index in [0.29, 0.717) is 25.9 Å². The zero-order valence-electron chi connectivity index (χ0n) is 16.1. The van der Waals surface area contributed by atoms with Gasteiger partial charge in [0.15, 0.2) is 0 Å². The first kappa shape index (κ1) is 21.3. The van der Waals surface area contributed by atoms with E-state index in [2.05, 4.69) is 12.2 Å². The predicted molar refractivity (Wildman–Crippen MR) is 94.0 cm³/mol. The van der Waals surface area contributed by atoms with Crippen molar-refractivity contribution in [1.82, 2.24) is 10.2 Å². The Morgan fingerprint density at radius 1 is 1.28 bits per heavy atom. The molecular weight excluding hydrogens is 324 g/mol. The van der Waals surface area contributed by atoms with Crippen molar-refractivity contribution in [2.24, 2.45) is 5.92 Å². The highest BCUT2D eigenvalue weighted by Crippen LogP contribution is 2.21. The molecule has 7 nitrogen and oxygen atoms in total. The van der Waals surface area contributed by atoms with Gasteiger partial charge in [-0.05, 0) is 33.6 Å². The summed E-state index contributed by atoms with van der Waals surface area (Å²) in [5.74, 6) is -0.753.